The van der Waals surface area contributed by atoms with Crippen LogP contribution in [0, 0.1) is 20.4 Å². The van der Waals surface area contributed by atoms with E-state index >= 15 is 0 Å². The summed E-state index contributed by atoms with van der Waals surface area (Å²) in [6.07, 6.45) is 1.90. The molecule has 0 saturated heterocycles. The van der Waals surface area contributed by atoms with Crippen LogP contribution in [0.15, 0.2) is 36.5 Å². The molecule has 0 saturated carbocycles. The number of hydrogen-bond donors (Lipinski definition) is 0. The number of aryl methyl sites for hydroxylation is 3. The number of pyridine rings is 1. The lowest BCUT2D eigenvalue weighted by Gasteiger charge is -2.04. The summed E-state index contributed by atoms with van der Waals surface area (Å²) in [7, 11) is 2.04. The molecule has 0 unspecified atom stereocenters. The first kappa shape index (κ1) is 12.4. The van der Waals surface area contributed by atoms with E-state index in [4.69, 9.17) is 6.57 Å². The fourth-order valence-electron chi connectivity index (χ4n) is 2.42. The van der Waals surface area contributed by atoms with Gasteiger partial charge in [0.1, 0.15) is 0 Å². The van der Waals surface area contributed by atoms with Crippen LogP contribution in [0.5, 0.6) is 0 Å². The molecule has 0 bridgehead atoms. The van der Waals surface area contributed by atoms with Crippen LogP contribution in [0.2, 0.25) is 0 Å². The van der Waals surface area contributed by atoms with Crippen molar-refractivity contribution in [2.45, 2.75) is 13.8 Å². The second-order valence-electron chi connectivity index (χ2n) is 5.09. The first-order valence-corrected chi connectivity index (χ1v) is 6.50. The van der Waals surface area contributed by atoms with Gasteiger partial charge in [-0.3, -0.25) is 4.98 Å². The van der Waals surface area contributed by atoms with Crippen molar-refractivity contribution in [3.8, 4) is 11.3 Å². The van der Waals surface area contributed by atoms with Gasteiger partial charge in [0.2, 0.25) is 0 Å². The average molecular weight is 261 g/mol. The molecule has 2 aromatic heterocycles. The smallest absolute Gasteiger partial charge is 0.190 e. The van der Waals surface area contributed by atoms with E-state index in [2.05, 4.69) is 33.5 Å². The summed E-state index contributed by atoms with van der Waals surface area (Å²) >= 11 is 0. The van der Waals surface area contributed by atoms with Crippen LogP contribution < -0.4 is 0 Å². The quantitative estimate of drug-likeness (QED) is 0.595. The van der Waals surface area contributed by atoms with E-state index in [9.17, 15) is 0 Å². The molecule has 20 heavy (non-hydrogen) atoms. The minimum Gasteiger partial charge on any atom is -0.347 e. The first-order valence-electron chi connectivity index (χ1n) is 6.50. The Balaban J connectivity index is 2.17. The third kappa shape index (κ3) is 1.86. The van der Waals surface area contributed by atoms with Crippen LogP contribution in [0.4, 0.5) is 5.69 Å². The lowest BCUT2D eigenvalue weighted by Crippen LogP contribution is -1.90. The summed E-state index contributed by atoms with van der Waals surface area (Å²) in [5, 5.41) is 1.18. The maximum absolute atomic E-state index is 7.21. The van der Waals surface area contributed by atoms with Crippen LogP contribution in [-0.4, -0.2) is 9.55 Å². The van der Waals surface area contributed by atoms with Gasteiger partial charge in [-0.25, -0.2) is 4.85 Å². The highest BCUT2D eigenvalue weighted by Crippen LogP contribution is 2.28. The zero-order valence-electron chi connectivity index (χ0n) is 11.8. The third-order valence-corrected chi connectivity index (χ3v) is 3.79. The normalized spacial score (nSPS) is 10.7. The van der Waals surface area contributed by atoms with E-state index < -0.39 is 0 Å². The monoisotopic (exact) mass is 261 g/mol. The summed E-state index contributed by atoms with van der Waals surface area (Å²) in [5.41, 5.74) is 5.93. The SMILES string of the molecule is [C-]#[N+]c1cc(-c2cc3cc(C)n(C)c3cn2)ccc1C. The molecule has 3 nitrogen and oxygen atoms in total. The molecule has 3 heteroatoms. The van der Waals surface area contributed by atoms with Gasteiger partial charge >= 0.3 is 0 Å². The number of nitrogens with zero attached hydrogens (tertiary/aromatic N) is 3. The lowest BCUT2D eigenvalue weighted by molar-refractivity contribution is 0.915. The Kier molecular flexibility index (Phi) is 2.80. The number of fused-ring (bicyclic) bond motifs is 1. The topological polar surface area (TPSA) is 22.2 Å². The van der Waals surface area contributed by atoms with Crippen LogP contribution >= 0.6 is 0 Å². The minimum atomic E-state index is 0.689. The molecule has 0 radical (unpaired) electrons. The summed E-state index contributed by atoms with van der Waals surface area (Å²) < 4.78 is 2.13. The Morgan fingerprint density at radius 3 is 2.70 bits per heavy atom. The molecule has 0 spiro atoms. The van der Waals surface area contributed by atoms with Crippen LogP contribution in [0.1, 0.15) is 11.3 Å². The second kappa shape index (κ2) is 4.50. The number of rotatable bonds is 1. The molecular formula is C17H15N3. The van der Waals surface area contributed by atoms with Crippen molar-refractivity contribution in [3.63, 3.8) is 0 Å². The Morgan fingerprint density at radius 2 is 1.95 bits per heavy atom. The first-order chi connectivity index (χ1) is 9.60. The summed E-state index contributed by atoms with van der Waals surface area (Å²) in [5.74, 6) is 0. The molecule has 0 amide bonds. The molecule has 1 aromatic carbocycles. The standard InChI is InChI=1S/C17H15N3/c1-11-5-6-13(8-15(11)18-3)16-9-14-7-12(2)20(4)17(14)10-19-16/h5-10H,1-2,4H3. The maximum Gasteiger partial charge on any atom is 0.190 e. The van der Waals surface area contributed by atoms with Gasteiger partial charge in [0.05, 0.1) is 24.0 Å². The minimum absolute atomic E-state index is 0.689. The molecule has 2 heterocycles. The van der Waals surface area contributed by atoms with Crippen LogP contribution in [0.3, 0.4) is 0 Å². The predicted octanol–water partition coefficient (Wildman–Crippen LogP) is 4.41. The lowest BCUT2D eigenvalue weighted by atomic mass is 10.1. The van der Waals surface area contributed by atoms with Gasteiger partial charge in [-0.1, -0.05) is 12.1 Å². The Bertz CT molecular complexity index is 851. The Hall–Kier alpha value is -2.60. The molecule has 0 aliphatic heterocycles. The average Bonchev–Trinajstić information content (AvgIpc) is 2.74. The highest BCUT2D eigenvalue weighted by Gasteiger charge is 2.07. The second-order valence-corrected chi connectivity index (χ2v) is 5.09. The van der Waals surface area contributed by atoms with Crippen molar-refractivity contribution in [3.05, 3.63) is 59.2 Å². The van der Waals surface area contributed by atoms with Gasteiger partial charge in [0, 0.05) is 18.1 Å². The molecule has 3 aromatic rings. The zero-order chi connectivity index (χ0) is 14.3. The van der Waals surface area contributed by atoms with Crippen molar-refractivity contribution in [2.24, 2.45) is 7.05 Å². The summed E-state index contributed by atoms with van der Waals surface area (Å²) in [6.45, 7) is 11.2. The van der Waals surface area contributed by atoms with Gasteiger partial charge in [-0.05, 0) is 43.2 Å². The van der Waals surface area contributed by atoms with Crippen molar-refractivity contribution in [1.82, 2.24) is 9.55 Å². The largest absolute Gasteiger partial charge is 0.347 e. The van der Waals surface area contributed by atoms with Crippen LogP contribution in [-0.2, 0) is 7.05 Å². The van der Waals surface area contributed by atoms with Crippen LogP contribution in [0.25, 0.3) is 27.0 Å². The van der Waals surface area contributed by atoms with E-state index in [1.165, 1.54) is 11.1 Å². The van der Waals surface area contributed by atoms with Gasteiger partial charge in [0.25, 0.3) is 0 Å². The Morgan fingerprint density at radius 1 is 1.15 bits per heavy atom. The van der Waals surface area contributed by atoms with Crippen molar-refractivity contribution < 1.29 is 0 Å². The predicted molar refractivity (Wildman–Crippen MR) is 81.9 cm³/mol. The number of benzene rings is 1. The molecule has 0 N–H and O–H groups in total. The third-order valence-electron chi connectivity index (χ3n) is 3.79. The van der Waals surface area contributed by atoms with Gasteiger partial charge in [0.15, 0.2) is 5.69 Å². The molecule has 0 fully saturated rings. The number of hydrogen-bond acceptors (Lipinski definition) is 1. The fourth-order valence-corrected chi connectivity index (χ4v) is 2.42. The highest BCUT2D eigenvalue weighted by molar-refractivity contribution is 5.84. The molecule has 0 aliphatic carbocycles. The van der Waals surface area contributed by atoms with Gasteiger partial charge in [-0.2, -0.15) is 0 Å². The molecular weight excluding hydrogens is 246 g/mol. The van der Waals surface area contributed by atoms with E-state index in [1.807, 2.05) is 38.4 Å². The van der Waals surface area contributed by atoms with E-state index in [0.29, 0.717) is 5.69 Å². The van der Waals surface area contributed by atoms with E-state index in [-0.39, 0.29) is 0 Å². The van der Waals surface area contributed by atoms with Gasteiger partial charge in [-0.15, -0.1) is 0 Å². The van der Waals surface area contributed by atoms with E-state index in [1.54, 1.807) is 0 Å². The summed E-state index contributed by atoms with van der Waals surface area (Å²) in [6, 6.07) is 10.1. The van der Waals surface area contributed by atoms with Crippen molar-refractivity contribution in [1.29, 1.82) is 0 Å². The van der Waals surface area contributed by atoms with Crippen molar-refractivity contribution in [2.75, 3.05) is 0 Å². The molecule has 0 aliphatic rings. The van der Waals surface area contributed by atoms with Crippen molar-refractivity contribution >= 4 is 16.6 Å². The molecule has 0 atom stereocenters. The maximum atomic E-state index is 7.21. The number of aromatic nitrogens is 2. The zero-order valence-corrected chi connectivity index (χ0v) is 11.8. The fraction of sp³-hybridized carbons (Fsp3) is 0.176. The highest BCUT2D eigenvalue weighted by atomic mass is 14.9. The van der Waals surface area contributed by atoms with Gasteiger partial charge < -0.3 is 4.57 Å². The molecule has 98 valence electrons. The summed E-state index contributed by atoms with van der Waals surface area (Å²) in [4.78, 5) is 8.09. The molecule has 3 rings (SSSR count). The Labute approximate surface area is 118 Å². The van der Waals surface area contributed by atoms with E-state index in [0.717, 1.165) is 22.3 Å².